The SMILES string of the molecule is COc1cc([C@@H]2CN(C(C)(C)C)C[C@H]2C#N)ccc1Br. The average molecular weight is 337 g/mol. The summed E-state index contributed by atoms with van der Waals surface area (Å²) in [6.45, 7) is 8.36. The maximum atomic E-state index is 9.45. The molecule has 108 valence electrons. The number of likely N-dealkylation sites (tertiary alicyclic amines) is 1. The first-order valence-electron chi connectivity index (χ1n) is 6.85. The zero-order chi connectivity index (χ0) is 14.9. The number of nitrogens with zero attached hydrogens (tertiary/aromatic N) is 2. The quantitative estimate of drug-likeness (QED) is 0.824. The van der Waals surface area contributed by atoms with Crippen molar-refractivity contribution in [2.75, 3.05) is 20.2 Å². The molecule has 0 spiro atoms. The fourth-order valence-corrected chi connectivity index (χ4v) is 3.14. The topological polar surface area (TPSA) is 36.3 Å². The van der Waals surface area contributed by atoms with E-state index in [0.29, 0.717) is 0 Å². The van der Waals surface area contributed by atoms with Crippen LogP contribution in [0.4, 0.5) is 0 Å². The second-order valence-electron chi connectivity index (χ2n) is 6.31. The van der Waals surface area contributed by atoms with Gasteiger partial charge in [0.15, 0.2) is 0 Å². The third kappa shape index (κ3) is 2.99. The predicted octanol–water partition coefficient (Wildman–Crippen LogP) is 3.80. The summed E-state index contributed by atoms with van der Waals surface area (Å²) in [5.41, 5.74) is 1.28. The zero-order valence-corrected chi connectivity index (χ0v) is 14.1. The fraction of sp³-hybridized carbons (Fsp3) is 0.562. The van der Waals surface area contributed by atoms with Gasteiger partial charge in [0.2, 0.25) is 0 Å². The van der Waals surface area contributed by atoms with E-state index in [-0.39, 0.29) is 17.4 Å². The first kappa shape index (κ1) is 15.3. The van der Waals surface area contributed by atoms with E-state index in [4.69, 9.17) is 4.74 Å². The Morgan fingerprint density at radius 2 is 2.05 bits per heavy atom. The molecule has 0 radical (unpaired) electrons. The third-order valence-corrected chi connectivity index (χ3v) is 4.69. The summed E-state index contributed by atoms with van der Waals surface area (Å²) in [6, 6.07) is 8.61. The normalized spacial score (nSPS) is 23.6. The lowest BCUT2D eigenvalue weighted by Crippen LogP contribution is -2.39. The van der Waals surface area contributed by atoms with Crippen LogP contribution in [-0.2, 0) is 0 Å². The summed E-state index contributed by atoms with van der Waals surface area (Å²) in [6.07, 6.45) is 0. The van der Waals surface area contributed by atoms with Crippen LogP contribution in [-0.4, -0.2) is 30.6 Å². The number of halogens is 1. The van der Waals surface area contributed by atoms with Crippen LogP contribution in [0.5, 0.6) is 5.75 Å². The molecule has 2 rings (SSSR count). The highest BCUT2D eigenvalue weighted by Gasteiger charge is 2.38. The van der Waals surface area contributed by atoms with Crippen LogP contribution in [0.2, 0.25) is 0 Å². The number of hydrogen-bond acceptors (Lipinski definition) is 3. The second kappa shape index (κ2) is 5.75. The Balaban J connectivity index is 2.30. The predicted molar refractivity (Wildman–Crippen MR) is 83.9 cm³/mol. The Labute approximate surface area is 129 Å². The molecule has 3 nitrogen and oxygen atoms in total. The average Bonchev–Trinajstić information content (AvgIpc) is 2.83. The molecule has 0 saturated carbocycles. The van der Waals surface area contributed by atoms with E-state index in [0.717, 1.165) is 23.3 Å². The molecular weight excluding hydrogens is 316 g/mol. The van der Waals surface area contributed by atoms with E-state index in [1.54, 1.807) is 7.11 Å². The molecule has 0 aromatic heterocycles. The number of rotatable bonds is 2. The molecule has 1 saturated heterocycles. The molecule has 0 aliphatic carbocycles. The van der Waals surface area contributed by atoms with Crippen LogP contribution < -0.4 is 4.74 Å². The van der Waals surface area contributed by atoms with Crippen molar-refractivity contribution in [2.24, 2.45) is 5.92 Å². The molecule has 0 N–H and O–H groups in total. The van der Waals surface area contributed by atoms with Crippen molar-refractivity contribution in [1.82, 2.24) is 4.90 Å². The van der Waals surface area contributed by atoms with E-state index in [9.17, 15) is 5.26 Å². The van der Waals surface area contributed by atoms with Crippen LogP contribution in [0.15, 0.2) is 22.7 Å². The van der Waals surface area contributed by atoms with Crippen LogP contribution in [0.25, 0.3) is 0 Å². The van der Waals surface area contributed by atoms with Crippen molar-refractivity contribution in [2.45, 2.75) is 32.2 Å². The summed E-state index contributed by atoms with van der Waals surface area (Å²) < 4.78 is 6.31. The first-order chi connectivity index (χ1) is 9.36. The molecular formula is C16H21BrN2O. The van der Waals surface area contributed by atoms with Crippen molar-refractivity contribution in [3.8, 4) is 11.8 Å². The molecule has 1 aromatic rings. The van der Waals surface area contributed by atoms with Crippen molar-refractivity contribution in [3.63, 3.8) is 0 Å². The standard InChI is InChI=1S/C16H21BrN2O/c1-16(2,3)19-9-12(8-18)13(10-19)11-5-6-14(17)15(7-11)20-4/h5-7,12-13H,9-10H2,1-4H3/t12-,13+/m1/s1. The Bertz CT molecular complexity index is 530. The number of hydrogen-bond donors (Lipinski definition) is 0. The monoisotopic (exact) mass is 336 g/mol. The van der Waals surface area contributed by atoms with Gasteiger partial charge < -0.3 is 4.74 Å². The second-order valence-corrected chi connectivity index (χ2v) is 7.17. The van der Waals surface area contributed by atoms with Crippen LogP contribution in [0, 0.1) is 17.2 Å². The minimum atomic E-state index is 0.0418. The summed E-state index contributed by atoms with van der Waals surface area (Å²) in [5, 5.41) is 9.45. The van der Waals surface area contributed by atoms with Gasteiger partial charge in [0.1, 0.15) is 5.75 Å². The molecule has 0 bridgehead atoms. The minimum Gasteiger partial charge on any atom is -0.496 e. The zero-order valence-electron chi connectivity index (χ0n) is 12.5. The lowest BCUT2D eigenvalue weighted by molar-refractivity contribution is 0.170. The van der Waals surface area contributed by atoms with E-state index in [1.165, 1.54) is 5.56 Å². The lowest BCUT2D eigenvalue weighted by Gasteiger charge is -2.31. The van der Waals surface area contributed by atoms with Crippen LogP contribution in [0.1, 0.15) is 32.3 Å². The maximum absolute atomic E-state index is 9.45. The smallest absolute Gasteiger partial charge is 0.133 e. The molecule has 0 amide bonds. The van der Waals surface area contributed by atoms with Gasteiger partial charge in [-0.3, -0.25) is 4.90 Å². The first-order valence-corrected chi connectivity index (χ1v) is 7.64. The number of ether oxygens (including phenoxy) is 1. The number of benzene rings is 1. The molecule has 1 fully saturated rings. The van der Waals surface area contributed by atoms with Gasteiger partial charge in [0.05, 0.1) is 23.6 Å². The Hall–Kier alpha value is -1.05. The van der Waals surface area contributed by atoms with Gasteiger partial charge >= 0.3 is 0 Å². The molecule has 20 heavy (non-hydrogen) atoms. The molecule has 2 atom stereocenters. The van der Waals surface area contributed by atoms with Gasteiger partial charge in [0.25, 0.3) is 0 Å². The van der Waals surface area contributed by atoms with E-state index >= 15 is 0 Å². The number of nitriles is 1. The molecule has 1 aliphatic rings. The summed E-state index contributed by atoms with van der Waals surface area (Å²) >= 11 is 3.47. The number of methoxy groups -OCH3 is 1. The molecule has 1 aromatic carbocycles. The third-order valence-electron chi connectivity index (χ3n) is 4.04. The van der Waals surface area contributed by atoms with E-state index in [2.05, 4.69) is 53.7 Å². The molecule has 4 heteroatoms. The fourth-order valence-electron chi connectivity index (χ4n) is 2.73. The van der Waals surface area contributed by atoms with Crippen molar-refractivity contribution >= 4 is 15.9 Å². The maximum Gasteiger partial charge on any atom is 0.133 e. The van der Waals surface area contributed by atoms with Gasteiger partial charge in [-0.15, -0.1) is 0 Å². The van der Waals surface area contributed by atoms with Crippen LogP contribution in [0.3, 0.4) is 0 Å². The van der Waals surface area contributed by atoms with Gasteiger partial charge in [-0.25, -0.2) is 0 Å². The van der Waals surface area contributed by atoms with Gasteiger partial charge in [-0.2, -0.15) is 5.26 Å². The summed E-state index contributed by atoms with van der Waals surface area (Å²) in [4.78, 5) is 2.39. The van der Waals surface area contributed by atoms with Gasteiger partial charge in [-0.1, -0.05) is 6.07 Å². The molecule has 0 unspecified atom stereocenters. The largest absolute Gasteiger partial charge is 0.496 e. The lowest BCUT2D eigenvalue weighted by atomic mass is 9.90. The highest BCUT2D eigenvalue weighted by atomic mass is 79.9. The minimum absolute atomic E-state index is 0.0418. The van der Waals surface area contributed by atoms with Crippen LogP contribution >= 0.6 is 15.9 Å². The van der Waals surface area contributed by atoms with E-state index < -0.39 is 0 Å². The van der Waals surface area contributed by atoms with E-state index in [1.807, 2.05) is 12.1 Å². The van der Waals surface area contributed by atoms with Crippen molar-refractivity contribution in [1.29, 1.82) is 5.26 Å². The Morgan fingerprint density at radius 3 is 2.60 bits per heavy atom. The van der Waals surface area contributed by atoms with Gasteiger partial charge in [0, 0.05) is 24.5 Å². The Kier molecular flexibility index (Phi) is 4.41. The Morgan fingerprint density at radius 1 is 1.35 bits per heavy atom. The summed E-state index contributed by atoms with van der Waals surface area (Å²) in [7, 11) is 1.67. The van der Waals surface area contributed by atoms with Crippen molar-refractivity contribution in [3.05, 3.63) is 28.2 Å². The highest BCUT2D eigenvalue weighted by molar-refractivity contribution is 9.10. The van der Waals surface area contributed by atoms with Gasteiger partial charge in [-0.05, 0) is 54.4 Å². The summed E-state index contributed by atoms with van der Waals surface area (Å²) in [5.74, 6) is 1.12. The highest BCUT2D eigenvalue weighted by Crippen LogP contribution is 2.38. The molecule has 1 aliphatic heterocycles. The molecule has 1 heterocycles. The van der Waals surface area contributed by atoms with Crippen molar-refractivity contribution < 1.29 is 4.74 Å².